The van der Waals surface area contributed by atoms with Crippen LogP contribution in [0.15, 0.2) is 30.3 Å². The highest BCUT2D eigenvalue weighted by Crippen LogP contribution is 2.30. The summed E-state index contributed by atoms with van der Waals surface area (Å²) in [6, 6.07) is 9.51. The molecular weight excluding hydrogens is 293 g/mol. The number of alkyl halides is 1. The summed E-state index contributed by atoms with van der Waals surface area (Å²) in [6.07, 6.45) is 0. The third-order valence-electron chi connectivity index (χ3n) is 2.93. The summed E-state index contributed by atoms with van der Waals surface area (Å²) in [5.74, 6) is 1.87. The van der Waals surface area contributed by atoms with E-state index in [0.29, 0.717) is 28.5 Å². The highest BCUT2D eigenvalue weighted by atomic mass is 35.5. The van der Waals surface area contributed by atoms with E-state index in [1.165, 1.54) is 0 Å². The molecule has 106 valence electrons. The number of hydrogen-bond acceptors (Lipinski definition) is 2. The molecule has 1 heterocycles. The molecule has 2 rings (SSSR count). The molecule has 2 aromatic rings. The second-order valence-corrected chi connectivity index (χ2v) is 5.74. The van der Waals surface area contributed by atoms with E-state index in [-0.39, 0.29) is 0 Å². The monoisotopic (exact) mass is 309 g/mol. The van der Waals surface area contributed by atoms with Gasteiger partial charge >= 0.3 is 0 Å². The van der Waals surface area contributed by atoms with Crippen LogP contribution in [-0.2, 0) is 5.88 Å². The lowest BCUT2D eigenvalue weighted by molar-refractivity contribution is 0.459. The van der Waals surface area contributed by atoms with Crippen LogP contribution in [0.5, 0.6) is 11.6 Å². The van der Waals surface area contributed by atoms with Crippen LogP contribution in [0.3, 0.4) is 0 Å². The van der Waals surface area contributed by atoms with Crippen molar-refractivity contribution in [3.8, 4) is 11.6 Å². The Labute approximate surface area is 129 Å². The van der Waals surface area contributed by atoms with Crippen molar-refractivity contribution in [1.29, 1.82) is 0 Å². The molecular formula is C16H17Cl2NO. The van der Waals surface area contributed by atoms with Gasteiger partial charge in [0.15, 0.2) is 0 Å². The number of benzene rings is 1. The van der Waals surface area contributed by atoms with Crippen LogP contribution < -0.4 is 4.74 Å². The molecule has 0 aliphatic heterocycles. The van der Waals surface area contributed by atoms with Gasteiger partial charge in [0.25, 0.3) is 0 Å². The molecule has 0 atom stereocenters. The van der Waals surface area contributed by atoms with E-state index in [9.17, 15) is 0 Å². The first kappa shape index (κ1) is 15.1. The number of hydrogen-bond donors (Lipinski definition) is 0. The highest BCUT2D eigenvalue weighted by Gasteiger charge is 2.09. The minimum absolute atomic E-state index is 0.314. The second kappa shape index (κ2) is 6.47. The Balaban J connectivity index is 2.34. The maximum Gasteiger partial charge on any atom is 0.219 e. The zero-order valence-electron chi connectivity index (χ0n) is 11.8. The number of pyridine rings is 1. The molecule has 0 bridgehead atoms. The number of ether oxygens (including phenoxy) is 1. The lowest BCUT2D eigenvalue weighted by atomic mass is 10.1. The Hall–Kier alpha value is -1.25. The molecule has 0 N–H and O–H groups in total. The van der Waals surface area contributed by atoms with Crippen molar-refractivity contribution in [3.05, 3.63) is 52.2 Å². The number of nitrogens with zero attached hydrogens (tertiary/aromatic N) is 1. The Morgan fingerprint density at radius 1 is 1.20 bits per heavy atom. The van der Waals surface area contributed by atoms with Gasteiger partial charge in [-0.25, -0.2) is 4.98 Å². The molecule has 0 amide bonds. The zero-order chi connectivity index (χ0) is 14.7. The van der Waals surface area contributed by atoms with Crippen molar-refractivity contribution in [2.45, 2.75) is 32.6 Å². The lowest BCUT2D eigenvalue weighted by Crippen LogP contribution is -1.98. The Morgan fingerprint density at radius 2 is 1.95 bits per heavy atom. The number of halogens is 2. The average Bonchev–Trinajstić information content (AvgIpc) is 2.41. The predicted octanol–water partition coefficient (Wildman–Crippen LogP) is 5.70. The molecule has 0 spiro atoms. The van der Waals surface area contributed by atoms with Gasteiger partial charge in [0, 0.05) is 17.6 Å². The maximum absolute atomic E-state index is 6.18. The third-order valence-corrected chi connectivity index (χ3v) is 3.53. The van der Waals surface area contributed by atoms with Gasteiger partial charge in [0.1, 0.15) is 5.75 Å². The molecule has 0 aliphatic rings. The molecule has 2 nitrogen and oxygen atoms in total. The van der Waals surface area contributed by atoms with Crippen LogP contribution >= 0.6 is 23.2 Å². The van der Waals surface area contributed by atoms with Crippen LogP contribution in [-0.4, -0.2) is 4.98 Å². The zero-order valence-corrected chi connectivity index (χ0v) is 13.3. The quantitative estimate of drug-likeness (QED) is 0.676. The average molecular weight is 310 g/mol. The minimum Gasteiger partial charge on any atom is -0.437 e. The summed E-state index contributed by atoms with van der Waals surface area (Å²) in [4.78, 5) is 4.50. The molecule has 0 saturated heterocycles. The van der Waals surface area contributed by atoms with Gasteiger partial charge in [-0.15, -0.1) is 11.6 Å². The largest absolute Gasteiger partial charge is 0.437 e. The van der Waals surface area contributed by atoms with Crippen molar-refractivity contribution < 1.29 is 4.74 Å². The van der Waals surface area contributed by atoms with Crippen molar-refractivity contribution in [2.75, 3.05) is 0 Å². The SMILES string of the molecule is Cc1ccc(Oc2cc(CCl)cc(C(C)C)n2)c(Cl)c1. The molecule has 20 heavy (non-hydrogen) atoms. The van der Waals surface area contributed by atoms with E-state index in [2.05, 4.69) is 18.8 Å². The van der Waals surface area contributed by atoms with Crippen LogP contribution in [0, 0.1) is 6.92 Å². The van der Waals surface area contributed by atoms with Crippen LogP contribution in [0.25, 0.3) is 0 Å². The summed E-state index contributed by atoms with van der Waals surface area (Å²) in [7, 11) is 0. The van der Waals surface area contributed by atoms with Gasteiger partial charge in [0.05, 0.1) is 5.02 Å². The normalized spacial score (nSPS) is 10.9. The summed E-state index contributed by atoms with van der Waals surface area (Å²) < 4.78 is 5.80. The van der Waals surface area contributed by atoms with E-state index in [4.69, 9.17) is 27.9 Å². The summed E-state index contributed by atoms with van der Waals surface area (Å²) in [6.45, 7) is 6.16. The number of rotatable bonds is 4. The fourth-order valence-corrected chi connectivity index (χ4v) is 2.24. The van der Waals surface area contributed by atoms with Crippen molar-refractivity contribution in [1.82, 2.24) is 4.98 Å². The molecule has 1 aromatic heterocycles. The van der Waals surface area contributed by atoms with Crippen molar-refractivity contribution in [3.63, 3.8) is 0 Å². The summed E-state index contributed by atoms with van der Waals surface area (Å²) >= 11 is 12.1. The fourth-order valence-electron chi connectivity index (χ4n) is 1.81. The van der Waals surface area contributed by atoms with Gasteiger partial charge in [-0.2, -0.15) is 0 Å². The maximum atomic E-state index is 6.18. The highest BCUT2D eigenvalue weighted by molar-refractivity contribution is 6.32. The van der Waals surface area contributed by atoms with Gasteiger partial charge in [-0.3, -0.25) is 0 Å². The number of aryl methyl sites for hydroxylation is 1. The molecule has 1 aromatic carbocycles. The van der Waals surface area contributed by atoms with Crippen LogP contribution in [0.4, 0.5) is 0 Å². The first-order valence-electron chi connectivity index (χ1n) is 6.50. The molecule has 0 aliphatic carbocycles. The Bertz CT molecular complexity index is 611. The standard InChI is InChI=1S/C16H17Cl2NO/c1-10(2)14-7-12(9-17)8-16(19-14)20-15-5-4-11(3)6-13(15)18/h4-8,10H,9H2,1-3H3. The Kier molecular flexibility index (Phi) is 4.90. The smallest absolute Gasteiger partial charge is 0.219 e. The molecule has 0 radical (unpaired) electrons. The van der Waals surface area contributed by atoms with Crippen molar-refractivity contribution >= 4 is 23.2 Å². The van der Waals surface area contributed by atoms with Gasteiger partial charge < -0.3 is 4.74 Å². The molecule has 4 heteroatoms. The van der Waals surface area contributed by atoms with E-state index in [1.807, 2.05) is 37.3 Å². The van der Waals surface area contributed by atoms with Crippen LogP contribution in [0.2, 0.25) is 5.02 Å². The first-order valence-corrected chi connectivity index (χ1v) is 7.41. The van der Waals surface area contributed by atoms with E-state index in [1.54, 1.807) is 0 Å². The first-order chi connectivity index (χ1) is 9.49. The summed E-state index contributed by atoms with van der Waals surface area (Å²) in [5, 5.41) is 0.578. The minimum atomic E-state index is 0.314. The van der Waals surface area contributed by atoms with Crippen LogP contribution in [0.1, 0.15) is 36.6 Å². The molecule has 0 fully saturated rings. The molecule has 0 saturated carbocycles. The topological polar surface area (TPSA) is 22.1 Å². The predicted molar refractivity (Wildman–Crippen MR) is 84.1 cm³/mol. The summed E-state index contributed by atoms with van der Waals surface area (Å²) in [5.41, 5.74) is 3.04. The number of aromatic nitrogens is 1. The van der Waals surface area contributed by atoms with Crippen molar-refractivity contribution in [2.24, 2.45) is 0 Å². The third kappa shape index (κ3) is 3.65. The van der Waals surface area contributed by atoms with Gasteiger partial charge in [-0.1, -0.05) is 31.5 Å². The fraction of sp³-hybridized carbons (Fsp3) is 0.312. The lowest BCUT2D eigenvalue weighted by Gasteiger charge is -2.12. The van der Waals surface area contributed by atoms with Gasteiger partial charge in [0.2, 0.25) is 5.88 Å². The Morgan fingerprint density at radius 3 is 2.55 bits per heavy atom. The van der Waals surface area contributed by atoms with E-state index in [0.717, 1.165) is 16.8 Å². The van der Waals surface area contributed by atoms with Gasteiger partial charge in [-0.05, 0) is 42.2 Å². The van der Waals surface area contributed by atoms with E-state index < -0.39 is 0 Å². The van der Waals surface area contributed by atoms with E-state index >= 15 is 0 Å². The molecule has 0 unspecified atom stereocenters. The second-order valence-electron chi connectivity index (χ2n) is 5.06.